The lowest BCUT2D eigenvalue weighted by Crippen LogP contribution is -2.16. The van der Waals surface area contributed by atoms with Crippen LogP contribution in [0.1, 0.15) is 96.2 Å². The molecule has 2 N–H and O–H groups in total. The highest BCUT2D eigenvalue weighted by atomic mass is 127. The Labute approximate surface area is 340 Å². The Bertz CT molecular complexity index is 2740. The number of nitrogens with one attached hydrogen (secondary N) is 2. The van der Waals surface area contributed by atoms with Crippen LogP contribution < -0.4 is 0 Å². The van der Waals surface area contributed by atoms with E-state index in [2.05, 4.69) is 197 Å². The van der Waals surface area contributed by atoms with Gasteiger partial charge in [0, 0.05) is 71.1 Å². The van der Waals surface area contributed by atoms with Crippen LogP contribution in [0.15, 0.2) is 97.1 Å². The van der Waals surface area contributed by atoms with Crippen molar-refractivity contribution in [3.05, 3.63) is 140 Å². The van der Waals surface area contributed by atoms with Crippen molar-refractivity contribution in [3.8, 4) is 45.7 Å². The van der Waals surface area contributed by atoms with Gasteiger partial charge in [0.15, 0.2) is 0 Å². The van der Waals surface area contributed by atoms with E-state index in [4.69, 9.17) is 11.3 Å². The summed E-state index contributed by atoms with van der Waals surface area (Å²) in [6.07, 6.45) is 7.36. The van der Waals surface area contributed by atoms with E-state index in [0.29, 0.717) is 0 Å². The standard InChI is InChI=1S/C50H47IN4/c1-10-30-11-13-31(14-12-30)40-25-38-24-39-29-50(8,9)46(54-39)28-44-41(32-15-17-36(51)18-16-32)27-45(55-44)47(42-20-19-37(52-42)26-43(40)53-38)33-21-34(48(2,3)4)23-35(22-33)49(5,6)7/h1,11-28,53,55H,29H2,2-9H3/i1T. The summed E-state index contributed by atoms with van der Waals surface area (Å²) in [4.78, 5) is 18.3. The Hall–Kier alpha value is -5.19. The molecule has 3 aromatic carbocycles. The van der Waals surface area contributed by atoms with Crippen molar-refractivity contribution in [1.29, 1.82) is 0 Å². The van der Waals surface area contributed by atoms with Gasteiger partial charge < -0.3 is 9.97 Å². The molecule has 0 atom stereocenters. The molecule has 6 aromatic rings. The van der Waals surface area contributed by atoms with Gasteiger partial charge >= 0.3 is 0 Å². The molecule has 8 rings (SSSR count). The molecular formula is C50H47IN4. The molecule has 0 spiro atoms. The fourth-order valence-corrected chi connectivity index (χ4v) is 7.94. The highest BCUT2D eigenvalue weighted by Crippen LogP contribution is 2.40. The second kappa shape index (κ2) is 13.5. The molecule has 274 valence electrons. The second-order valence-electron chi connectivity index (χ2n) is 17.7. The zero-order chi connectivity index (χ0) is 39.6. The summed E-state index contributed by atoms with van der Waals surface area (Å²) in [7, 11) is 0. The first-order chi connectivity index (χ1) is 26.5. The molecule has 5 heteroatoms. The molecule has 0 saturated heterocycles. The van der Waals surface area contributed by atoms with Gasteiger partial charge in [-0.3, -0.25) is 4.98 Å². The maximum absolute atomic E-state index is 7.34. The van der Waals surface area contributed by atoms with Crippen molar-refractivity contribution in [1.82, 2.24) is 19.9 Å². The molecule has 55 heavy (non-hydrogen) atoms. The van der Waals surface area contributed by atoms with Crippen molar-refractivity contribution in [2.45, 2.75) is 78.1 Å². The number of fused-ring (bicyclic) bond motifs is 8. The van der Waals surface area contributed by atoms with Crippen molar-refractivity contribution >= 4 is 56.8 Å². The van der Waals surface area contributed by atoms with E-state index in [-0.39, 0.29) is 16.2 Å². The third-order valence-corrected chi connectivity index (χ3v) is 11.5. The summed E-state index contributed by atoms with van der Waals surface area (Å²) in [6.45, 7) is 18.3. The Kier molecular flexibility index (Phi) is 8.73. The minimum absolute atomic E-state index is 0.0561. The van der Waals surface area contributed by atoms with Crippen molar-refractivity contribution in [2.24, 2.45) is 0 Å². The molecule has 8 bridgehead atoms. The molecule has 0 unspecified atom stereocenters. The lowest BCUT2D eigenvalue weighted by atomic mass is 9.78. The lowest BCUT2D eigenvalue weighted by Gasteiger charge is -2.26. The molecule has 0 fully saturated rings. The number of H-pyrrole nitrogens is 2. The van der Waals surface area contributed by atoms with Gasteiger partial charge in [-0.2, -0.15) is 0 Å². The van der Waals surface area contributed by atoms with Crippen LogP contribution in [0.2, 0.25) is 0 Å². The smallest absolute Gasteiger partial charge is 0.124 e. The van der Waals surface area contributed by atoms with Crippen LogP contribution in [0.4, 0.5) is 0 Å². The first-order valence-corrected chi connectivity index (χ1v) is 20.0. The number of hydrogen-bond donors (Lipinski definition) is 2. The fraction of sp³-hybridized carbons (Fsp3) is 0.240. The van der Waals surface area contributed by atoms with Gasteiger partial charge in [-0.05, 0) is 128 Å². The summed E-state index contributed by atoms with van der Waals surface area (Å²) >= 11 is 2.38. The number of halogens is 1. The summed E-state index contributed by atoms with van der Waals surface area (Å²) < 4.78 is 8.54. The second-order valence-corrected chi connectivity index (χ2v) is 18.9. The molecule has 5 heterocycles. The molecule has 3 aromatic heterocycles. The minimum atomic E-state index is -0.176. The van der Waals surface area contributed by atoms with Gasteiger partial charge in [0.25, 0.3) is 0 Å². The zero-order valence-corrected chi connectivity index (χ0v) is 35.0. The van der Waals surface area contributed by atoms with E-state index in [9.17, 15) is 0 Å². The van der Waals surface area contributed by atoms with Gasteiger partial charge in [-0.15, -0.1) is 6.40 Å². The van der Waals surface area contributed by atoms with Crippen LogP contribution in [0.25, 0.3) is 67.6 Å². The molecule has 0 radical (unpaired) electrons. The molecule has 0 amide bonds. The minimum Gasteiger partial charge on any atom is -0.355 e. The topological polar surface area (TPSA) is 57.4 Å². The molecule has 4 nitrogen and oxygen atoms in total. The highest BCUT2D eigenvalue weighted by molar-refractivity contribution is 14.1. The number of aromatic amines is 2. The lowest BCUT2D eigenvalue weighted by molar-refractivity contribution is 0.543. The predicted molar refractivity (Wildman–Crippen MR) is 241 cm³/mol. The maximum Gasteiger partial charge on any atom is 0.124 e. The summed E-state index contributed by atoms with van der Waals surface area (Å²) in [6, 6.07) is 35.1. The number of benzene rings is 3. The van der Waals surface area contributed by atoms with E-state index in [1.54, 1.807) is 0 Å². The summed E-state index contributed by atoms with van der Waals surface area (Å²) in [5, 5.41) is 0. The SMILES string of the molecule is [3H]C#Cc1ccc(-c2cc3cc4nc(cc5[nH]c(cc5-c5ccc(I)cc5)c(-c5cc(C(C)(C)C)cc(C(C)(C)C)c5)c5nc(cc2[nH]3)C=C5)C(C)(C)C4)cc1. The zero-order valence-electron chi connectivity index (χ0n) is 33.9. The average molecular weight is 833 g/mol. The van der Waals surface area contributed by atoms with E-state index in [0.717, 1.165) is 90.2 Å². The number of rotatable bonds is 3. The normalized spacial score (nSPS) is 14.0. The molecule has 0 aliphatic carbocycles. The number of nitrogens with zero attached hydrogens (tertiary/aromatic N) is 2. The van der Waals surface area contributed by atoms with Crippen LogP contribution >= 0.6 is 22.6 Å². The number of hydrogen-bond acceptors (Lipinski definition) is 2. The largest absolute Gasteiger partial charge is 0.355 e. The Balaban J connectivity index is 1.51. The van der Waals surface area contributed by atoms with E-state index < -0.39 is 0 Å². The van der Waals surface area contributed by atoms with Crippen LogP contribution in [-0.2, 0) is 22.7 Å². The number of terminal acetylenes is 1. The average Bonchev–Trinajstić information content (AvgIpc) is 3.92. The van der Waals surface area contributed by atoms with Crippen LogP contribution in [0, 0.1) is 15.9 Å². The fourth-order valence-electron chi connectivity index (χ4n) is 7.58. The third-order valence-electron chi connectivity index (χ3n) is 10.8. The molecule has 2 aliphatic heterocycles. The monoisotopic (exact) mass is 832 g/mol. The van der Waals surface area contributed by atoms with Crippen molar-refractivity contribution in [3.63, 3.8) is 0 Å². The van der Waals surface area contributed by atoms with Gasteiger partial charge in [-0.25, -0.2) is 4.98 Å². The first kappa shape index (κ1) is 35.5. The summed E-state index contributed by atoms with van der Waals surface area (Å²) in [5.41, 5.74) is 17.6. The Morgan fingerprint density at radius 2 is 1.33 bits per heavy atom. The summed E-state index contributed by atoms with van der Waals surface area (Å²) in [5.74, 6) is 2.85. The first-order valence-electron chi connectivity index (χ1n) is 19.5. The van der Waals surface area contributed by atoms with Crippen LogP contribution in [0.3, 0.4) is 0 Å². The quantitative estimate of drug-likeness (QED) is 0.138. The van der Waals surface area contributed by atoms with E-state index in [1.165, 1.54) is 14.7 Å². The Morgan fingerprint density at radius 3 is 1.98 bits per heavy atom. The molecule has 2 aliphatic rings. The van der Waals surface area contributed by atoms with Gasteiger partial charge in [0.1, 0.15) is 1.37 Å². The van der Waals surface area contributed by atoms with Crippen molar-refractivity contribution < 1.29 is 1.37 Å². The molecule has 0 saturated carbocycles. The number of aromatic nitrogens is 4. The predicted octanol–water partition coefficient (Wildman–Crippen LogP) is 13.2. The highest BCUT2D eigenvalue weighted by Gasteiger charge is 2.29. The van der Waals surface area contributed by atoms with E-state index >= 15 is 0 Å². The van der Waals surface area contributed by atoms with Gasteiger partial charge in [0.2, 0.25) is 0 Å². The van der Waals surface area contributed by atoms with Crippen LogP contribution in [-0.4, -0.2) is 19.9 Å². The van der Waals surface area contributed by atoms with Crippen LogP contribution in [0.5, 0.6) is 0 Å². The van der Waals surface area contributed by atoms with Gasteiger partial charge in [0.05, 0.1) is 11.4 Å². The Morgan fingerprint density at radius 1 is 0.691 bits per heavy atom. The maximum atomic E-state index is 7.34. The van der Waals surface area contributed by atoms with Crippen molar-refractivity contribution in [2.75, 3.05) is 0 Å². The van der Waals surface area contributed by atoms with Gasteiger partial charge in [-0.1, -0.05) is 104 Å². The molecular weight excluding hydrogens is 783 g/mol. The third kappa shape index (κ3) is 7.33. The van der Waals surface area contributed by atoms with E-state index in [1.807, 2.05) is 12.1 Å².